The second-order valence-corrected chi connectivity index (χ2v) is 4.99. The summed E-state index contributed by atoms with van der Waals surface area (Å²) in [5, 5.41) is 9.01. The predicted molar refractivity (Wildman–Crippen MR) is 66.8 cm³/mol. The minimum absolute atomic E-state index is 0.451. The van der Waals surface area contributed by atoms with Crippen LogP contribution in [0.5, 0.6) is 0 Å². The smallest absolute Gasteiger partial charge is 0.332 e. The van der Waals surface area contributed by atoms with Crippen LogP contribution >= 0.6 is 0 Å². The van der Waals surface area contributed by atoms with Crippen LogP contribution in [0.1, 0.15) is 45.4 Å². The van der Waals surface area contributed by atoms with Crippen LogP contribution in [0.3, 0.4) is 0 Å². The first-order valence-corrected chi connectivity index (χ1v) is 6.73. The number of ether oxygens (including phenoxy) is 1. The average Bonchev–Trinajstić information content (AvgIpc) is 2.34. The van der Waals surface area contributed by atoms with Crippen molar-refractivity contribution in [1.29, 1.82) is 0 Å². The maximum atomic E-state index is 11.0. The van der Waals surface area contributed by atoms with E-state index >= 15 is 0 Å². The highest BCUT2D eigenvalue weighted by molar-refractivity contribution is 5.72. The van der Waals surface area contributed by atoms with Crippen molar-refractivity contribution in [2.24, 2.45) is 17.6 Å². The molecule has 1 saturated carbocycles. The van der Waals surface area contributed by atoms with E-state index < -0.39 is 12.1 Å². The van der Waals surface area contributed by atoms with Gasteiger partial charge in [0.2, 0.25) is 0 Å². The van der Waals surface area contributed by atoms with Crippen molar-refractivity contribution < 1.29 is 14.6 Å². The molecule has 1 rings (SSSR count). The van der Waals surface area contributed by atoms with E-state index in [4.69, 9.17) is 15.6 Å². The normalized spacial score (nSPS) is 26.7. The summed E-state index contributed by atoms with van der Waals surface area (Å²) in [5.41, 5.74) is 5.75. The van der Waals surface area contributed by atoms with Gasteiger partial charge in [0.05, 0.1) is 6.61 Å². The van der Waals surface area contributed by atoms with E-state index in [0.29, 0.717) is 31.4 Å². The molecule has 0 saturated heterocycles. The van der Waals surface area contributed by atoms with Crippen LogP contribution in [0.25, 0.3) is 0 Å². The molecule has 4 nitrogen and oxygen atoms in total. The summed E-state index contributed by atoms with van der Waals surface area (Å²) in [7, 11) is 0. The Hall–Kier alpha value is -0.610. The third kappa shape index (κ3) is 4.64. The van der Waals surface area contributed by atoms with Crippen molar-refractivity contribution >= 4 is 5.97 Å². The monoisotopic (exact) mass is 243 g/mol. The van der Waals surface area contributed by atoms with Gasteiger partial charge in [-0.3, -0.25) is 0 Å². The highest BCUT2D eigenvalue weighted by atomic mass is 16.5. The second-order valence-electron chi connectivity index (χ2n) is 4.99. The van der Waals surface area contributed by atoms with Gasteiger partial charge in [-0.15, -0.1) is 0 Å². The molecule has 0 radical (unpaired) electrons. The number of hydrogen-bond donors (Lipinski definition) is 2. The van der Waals surface area contributed by atoms with Crippen LogP contribution in [0.2, 0.25) is 0 Å². The molecular weight excluding hydrogens is 218 g/mol. The summed E-state index contributed by atoms with van der Waals surface area (Å²) in [4.78, 5) is 11.0. The Kier molecular flexibility index (Phi) is 6.52. The molecule has 17 heavy (non-hydrogen) atoms. The Labute approximate surface area is 104 Å². The minimum atomic E-state index is -0.841. The molecule has 100 valence electrons. The molecule has 1 aliphatic carbocycles. The Morgan fingerprint density at radius 3 is 2.59 bits per heavy atom. The fourth-order valence-electron chi connectivity index (χ4n) is 2.59. The molecule has 0 spiro atoms. The van der Waals surface area contributed by atoms with Gasteiger partial charge in [-0.25, -0.2) is 4.79 Å². The van der Waals surface area contributed by atoms with Crippen molar-refractivity contribution in [2.45, 2.75) is 51.6 Å². The van der Waals surface area contributed by atoms with E-state index in [0.717, 1.165) is 19.3 Å². The minimum Gasteiger partial charge on any atom is -0.479 e. The standard InChI is InChI=1S/C13H25NO3/c1-2-5-12(13(15)16)17-9-11-7-4-3-6-10(11)8-14/h10-12H,2-9,14H2,1H3,(H,15,16). The van der Waals surface area contributed by atoms with E-state index in [1.807, 2.05) is 6.92 Å². The van der Waals surface area contributed by atoms with Crippen LogP contribution < -0.4 is 5.73 Å². The molecule has 0 aromatic carbocycles. The lowest BCUT2D eigenvalue weighted by Gasteiger charge is -2.31. The molecule has 3 N–H and O–H groups in total. The van der Waals surface area contributed by atoms with Crippen molar-refractivity contribution in [3.8, 4) is 0 Å². The lowest BCUT2D eigenvalue weighted by atomic mass is 9.80. The van der Waals surface area contributed by atoms with Gasteiger partial charge >= 0.3 is 5.97 Å². The quantitative estimate of drug-likeness (QED) is 0.717. The number of aliphatic carboxylic acids is 1. The number of rotatable bonds is 7. The van der Waals surface area contributed by atoms with E-state index in [1.165, 1.54) is 12.8 Å². The Morgan fingerprint density at radius 2 is 2.06 bits per heavy atom. The number of carbonyl (C=O) groups is 1. The number of hydrogen-bond acceptors (Lipinski definition) is 3. The number of nitrogens with two attached hydrogens (primary N) is 1. The summed E-state index contributed by atoms with van der Waals surface area (Å²) >= 11 is 0. The molecule has 0 bridgehead atoms. The summed E-state index contributed by atoms with van der Waals surface area (Å²) in [6, 6.07) is 0. The summed E-state index contributed by atoms with van der Waals surface area (Å²) in [6.07, 6.45) is 5.54. The van der Waals surface area contributed by atoms with Crippen LogP contribution in [0.4, 0.5) is 0 Å². The number of carboxylic acids is 1. The van der Waals surface area contributed by atoms with Crippen LogP contribution in [0, 0.1) is 11.8 Å². The van der Waals surface area contributed by atoms with Crippen molar-refractivity contribution in [1.82, 2.24) is 0 Å². The number of carboxylic acid groups (broad SMARTS) is 1. The van der Waals surface area contributed by atoms with Crippen LogP contribution in [-0.2, 0) is 9.53 Å². The third-order valence-corrected chi connectivity index (χ3v) is 3.71. The molecule has 3 atom stereocenters. The Balaban J connectivity index is 2.38. The zero-order valence-electron chi connectivity index (χ0n) is 10.7. The zero-order chi connectivity index (χ0) is 12.7. The van der Waals surface area contributed by atoms with Crippen LogP contribution in [0.15, 0.2) is 0 Å². The van der Waals surface area contributed by atoms with Gasteiger partial charge in [0, 0.05) is 0 Å². The molecular formula is C13H25NO3. The van der Waals surface area contributed by atoms with E-state index in [9.17, 15) is 4.79 Å². The molecule has 0 aliphatic heterocycles. The summed E-state index contributed by atoms with van der Waals surface area (Å²) < 4.78 is 5.56. The Morgan fingerprint density at radius 1 is 1.41 bits per heavy atom. The predicted octanol–water partition coefficient (Wildman–Crippen LogP) is 2.02. The molecule has 0 aromatic rings. The molecule has 1 fully saturated rings. The highest BCUT2D eigenvalue weighted by Gasteiger charge is 2.26. The fourth-order valence-corrected chi connectivity index (χ4v) is 2.59. The van der Waals surface area contributed by atoms with Gasteiger partial charge < -0.3 is 15.6 Å². The zero-order valence-corrected chi connectivity index (χ0v) is 10.7. The van der Waals surface area contributed by atoms with Gasteiger partial charge in [-0.1, -0.05) is 26.2 Å². The highest BCUT2D eigenvalue weighted by Crippen LogP contribution is 2.29. The van der Waals surface area contributed by atoms with Gasteiger partial charge in [0.1, 0.15) is 0 Å². The van der Waals surface area contributed by atoms with Crippen molar-refractivity contribution in [3.05, 3.63) is 0 Å². The van der Waals surface area contributed by atoms with Crippen molar-refractivity contribution in [2.75, 3.05) is 13.2 Å². The van der Waals surface area contributed by atoms with Gasteiger partial charge in [-0.2, -0.15) is 0 Å². The lowest BCUT2D eigenvalue weighted by Crippen LogP contribution is -2.33. The first-order chi connectivity index (χ1) is 8.19. The molecule has 0 amide bonds. The molecule has 0 heterocycles. The first-order valence-electron chi connectivity index (χ1n) is 6.73. The SMILES string of the molecule is CCCC(OCC1CCCCC1CN)C(=O)O. The summed E-state index contributed by atoms with van der Waals surface area (Å²) in [5.74, 6) is 0.124. The molecule has 3 unspecified atom stereocenters. The van der Waals surface area contributed by atoms with Crippen LogP contribution in [-0.4, -0.2) is 30.3 Å². The maximum Gasteiger partial charge on any atom is 0.332 e. The van der Waals surface area contributed by atoms with Gasteiger partial charge in [0.25, 0.3) is 0 Å². The molecule has 1 aliphatic rings. The Bertz CT molecular complexity index is 233. The maximum absolute atomic E-state index is 11.0. The lowest BCUT2D eigenvalue weighted by molar-refractivity contribution is -0.152. The average molecular weight is 243 g/mol. The van der Waals surface area contributed by atoms with E-state index in [-0.39, 0.29) is 0 Å². The largest absolute Gasteiger partial charge is 0.479 e. The second kappa shape index (κ2) is 7.67. The fraction of sp³-hybridized carbons (Fsp3) is 0.923. The first kappa shape index (κ1) is 14.5. The topological polar surface area (TPSA) is 72.5 Å². The summed E-state index contributed by atoms with van der Waals surface area (Å²) in [6.45, 7) is 3.22. The van der Waals surface area contributed by atoms with E-state index in [2.05, 4.69) is 0 Å². The van der Waals surface area contributed by atoms with Gasteiger partial charge in [0.15, 0.2) is 6.10 Å². The molecule has 0 aromatic heterocycles. The van der Waals surface area contributed by atoms with Crippen molar-refractivity contribution in [3.63, 3.8) is 0 Å². The molecule has 4 heteroatoms. The van der Waals surface area contributed by atoms with Gasteiger partial charge in [-0.05, 0) is 37.6 Å². The third-order valence-electron chi connectivity index (χ3n) is 3.71. The van der Waals surface area contributed by atoms with E-state index in [1.54, 1.807) is 0 Å².